The van der Waals surface area contributed by atoms with Gasteiger partial charge in [0.2, 0.25) is 0 Å². The smallest absolute Gasteiger partial charge is 0.159 e. The van der Waals surface area contributed by atoms with Gasteiger partial charge in [0, 0.05) is 6.54 Å². The topological polar surface area (TPSA) is 59.6 Å². The quantitative estimate of drug-likeness (QED) is 0.455. The molecule has 0 fully saturated rings. The molecule has 0 aliphatic carbocycles. The van der Waals surface area contributed by atoms with E-state index in [9.17, 15) is 0 Å². The number of nitriles is 2. The van der Waals surface area contributed by atoms with Crippen molar-refractivity contribution in [2.75, 3.05) is 6.54 Å². The van der Waals surface area contributed by atoms with Crippen LogP contribution in [-0.2, 0) is 0 Å². The van der Waals surface area contributed by atoms with Crippen LogP contribution >= 0.6 is 12.6 Å². The minimum absolute atomic E-state index is 0.0187. The number of thiol groups is 1. The summed E-state index contributed by atoms with van der Waals surface area (Å²) in [6.07, 6.45) is 0. The summed E-state index contributed by atoms with van der Waals surface area (Å²) >= 11 is 3.89. The second kappa shape index (κ2) is 4.72. The number of hydrogen-bond donors (Lipinski definition) is 2. The maximum absolute atomic E-state index is 8.30. The van der Waals surface area contributed by atoms with E-state index in [2.05, 4.69) is 17.9 Å². The van der Waals surface area contributed by atoms with Crippen LogP contribution in [0, 0.1) is 22.7 Å². The van der Waals surface area contributed by atoms with Crippen LogP contribution < -0.4 is 5.32 Å². The number of allylic oxidation sites excluding steroid dienone is 1. The zero-order valence-corrected chi connectivity index (χ0v) is 6.44. The molecule has 0 heterocycles. The van der Waals surface area contributed by atoms with Crippen molar-refractivity contribution in [2.45, 2.75) is 6.92 Å². The minimum Gasteiger partial charge on any atom is -0.379 e. The fourth-order valence-corrected chi connectivity index (χ4v) is 0.645. The van der Waals surface area contributed by atoms with E-state index in [-0.39, 0.29) is 5.57 Å². The summed E-state index contributed by atoms with van der Waals surface area (Å²) in [5.74, 6) is 0. The number of rotatable bonds is 2. The van der Waals surface area contributed by atoms with Crippen LogP contribution in [0.15, 0.2) is 10.6 Å². The molecule has 4 heteroatoms. The molecule has 0 aliphatic heterocycles. The Kier molecular flexibility index (Phi) is 4.19. The summed E-state index contributed by atoms with van der Waals surface area (Å²) in [6, 6.07) is 3.43. The lowest BCUT2D eigenvalue weighted by atomic mass is 10.3. The largest absolute Gasteiger partial charge is 0.379 e. The van der Waals surface area contributed by atoms with Crippen LogP contribution in [0.4, 0.5) is 0 Å². The summed E-state index contributed by atoms with van der Waals surface area (Å²) in [4.78, 5) is 0. The zero-order valence-electron chi connectivity index (χ0n) is 5.55. The van der Waals surface area contributed by atoms with Crippen LogP contribution in [0.5, 0.6) is 0 Å². The molecule has 3 nitrogen and oxygen atoms in total. The van der Waals surface area contributed by atoms with Gasteiger partial charge in [0.05, 0.1) is 5.03 Å². The van der Waals surface area contributed by atoms with Crippen molar-refractivity contribution in [3.8, 4) is 12.1 Å². The van der Waals surface area contributed by atoms with E-state index in [1.165, 1.54) is 0 Å². The summed E-state index contributed by atoms with van der Waals surface area (Å²) in [5, 5.41) is 19.7. The van der Waals surface area contributed by atoms with Gasteiger partial charge in [-0.05, 0) is 6.92 Å². The molecule has 0 rings (SSSR count). The van der Waals surface area contributed by atoms with Crippen LogP contribution in [-0.4, -0.2) is 6.54 Å². The van der Waals surface area contributed by atoms with E-state index in [1.807, 2.05) is 6.92 Å². The molecular formula is C6H7N3S. The van der Waals surface area contributed by atoms with Gasteiger partial charge in [-0.25, -0.2) is 0 Å². The second-order valence-electron chi connectivity index (χ2n) is 1.48. The molecule has 0 atom stereocenters. The van der Waals surface area contributed by atoms with E-state index >= 15 is 0 Å². The van der Waals surface area contributed by atoms with E-state index < -0.39 is 0 Å². The third-order valence-corrected chi connectivity index (χ3v) is 1.19. The zero-order chi connectivity index (χ0) is 7.98. The molecule has 0 saturated carbocycles. The van der Waals surface area contributed by atoms with Gasteiger partial charge >= 0.3 is 0 Å². The Morgan fingerprint density at radius 2 is 2.00 bits per heavy atom. The number of nitrogens with zero attached hydrogens (tertiary/aromatic N) is 2. The summed E-state index contributed by atoms with van der Waals surface area (Å²) in [5.41, 5.74) is 0.0187. The maximum Gasteiger partial charge on any atom is 0.159 e. The molecule has 10 heavy (non-hydrogen) atoms. The van der Waals surface area contributed by atoms with Gasteiger partial charge < -0.3 is 5.32 Å². The van der Waals surface area contributed by atoms with Crippen molar-refractivity contribution < 1.29 is 0 Å². The highest BCUT2D eigenvalue weighted by Gasteiger charge is 1.97. The van der Waals surface area contributed by atoms with Crippen LogP contribution in [0.3, 0.4) is 0 Å². The van der Waals surface area contributed by atoms with E-state index in [0.29, 0.717) is 11.6 Å². The Balaban J connectivity index is 4.36. The first-order valence-electron chi connectivity index (χ1n) is 2.73. The Morgan fingerprint density at radius 3 is 2.30 bits per heavy atom. The molecule has 0 amide bonds. The SMILES string of the molecule is CCNC(S)=C(C#N)C#N. The molecule has 0 spiro atoms. The normalized spacial score (nSPS) is 7.20. The van der Waals surface area contributed by atoms with Crippen molar-refractivity contribution >= 4 is 12.6 Å². The Morgan fingerprint density at radius 1 is 1.50 bits per heavy atom. The number of hydrogen-bond acceptors (Lipinski definition) is 4. The second-order valence-corrected chi connectivity index (χ2v) is 1.92. The first-order valence-corrected chi connectivity index (χ1v) is 3.18. The van der Waals surface area contributed by atoms with Gasteiger partial charge in [-0.2, -0.15) is 10.5 Å². The third kappa shape index (κ3) is 2.43. The lowest BCUT2D eigenvalue weighted by Crippen LogP contribution is -2.09. The fourth-order valence-electron chi connectivity index (χ4n) is 0.387. The van der Waals surface area contributed by atoms with Crippen molar-refractivity contribution in [1.82, 2.24) is 5.32 Å². The molecule has 1 N–H and O–H groups in total. The van der Waals surface area contributed by atoms with Gasteiger partial charge in [0.1, 0.15) is 12.1 Å². The predicted octanol–water partition coefficient (Wildman–Crippen LogP) is 0.784. The molecule has 0 aromatic rings. The van der Waals surface area contributed by atoms with Crippen molar-refractivity contribution in [2.24, 2.45) is 0 Å². The summed E-state index contributed by atoms with van der Waals surface area (Å²) < 4.78 is 0. The third-order valence-electron chi connectivity index (χ3n) is 0.805. The van der Waals surface area contributed by atoms with Gasteiger partial charge in [0.25, 0.3) is 0 Å². The highest BCUT2D eigenvalue weighted by Crippen LogP contribution is 2.01. The Hall–Kier alpha value is -1.13. The molecule has 0 bridgehead atoms. The molecule has 0 saturated heterocycles. The van der Waals surface area contributed by atoms with Gasteiger partial charge in [-0.3, -0.25) is 0 Å². The maximum atomic E-state index is 8.30. The Labute approximate surface area is 65.4 Å². The molecule has 0 aromatic heterocycles. The van der Waals surface area contributed by atoms with Crippen LogP contribution in [0.25, 0.3) is 0 Å². The molecule has 0 radical (unpaired) electrons. The highest BCUT2D eigenvalue weighted by atomic mass is 32.1. The van der Waals surface area contributed by atoms with Gasteiger partial charge in [-0.1, -0.05) is 0 Å². The molecule has 52 valence electrons. The predicted molar refractivity (Wildman–Crippen MR) is 40.9 cm³/mol. The van der Waals surface area contributed by atoms with E-state index in [0.717, 1.165) is 0 Å². The van der Waals surface area contributed by atoms with Crippen LogP contribution in [0.1, 0.15) is 6.92 Å². The lowest BCUT2D eigenvalue weighted by Gasteiger charge is -1.98. The van der Waals surface area contributed by atoms with Crippen LogP contribution in [0.2, 0.25) is 0 Å². The van der Waals surface area contributed by atoms with Crippen molar-refractivity contribution in [3.63, 3.8) is 0 Å². The lowest BCUT2D eigenvalue weighted by molar-refractivity contribution is 0.902. The molecule has 0 unspecified atom stereocenters. The average molecular weight is 153 g/mol. The first-order chi connectivity index (χ1) is 4.76. The van der Waals surface area contributed by atoms with Crippen molar-refractivity contribution in [3.05, 3.63) is 10.6 Å². The first kappa shape index (κ1) is 8.87. The fraction of sp³-hybridized carbons (Fsp3) is 0.333. The standard InChI is InChI=1S/C6H7N3S/c1-2-9-6(10)5(3-7)4-8/h9-10H,2H2,1H3. The minimum atomic E-state index is 0.0187. The summed E-state index contributed by atoms with van der Waals surface area (Å²) in [6.45, 7) is 2.52. The molecular weight excluding hydrogens is 146 g/mol. The van der Waals surface area contributed by atoms with E-state index in [1.54, 1.807) is 12.1 Å². The number of nitrogens with one attached hydrogen (secondary N) is 1. The Bertz CT molecular complexity index is 202. The molecule has 0 aromatic carbocycles. The molecule has 0 aliphatic rings. The monoisotopic (exact) mass is 153 g/mol. The average Bonchev–Trinajstić information content (AvgIpc) is 1.91. The van der Waals surface area contributed by atoms with E-state index in [4.69, 9.17) is 10.5 Å². The highest BCUT2D eigenvalue weighted by molar-refractivity contribution is 7.84. The van der Waals surface area contributed by atoms with Gasteiger partial charge in [-0.15, -0.1) is 12.6 Å². The van der Waals surface area contributed by atoms with Crippen molar-refractivity contribution in [1.29, 1.82) is 10.5 Å². The van der Waals surface area contributed by atoms with Gasteiger partial charge in [0.15, 0.2) is 5.57 Å². The summed E-state index contributed by atoms with van der Waals surface area (Å²) in [7, 11) is 0.